The molecule has 0 aromatic carbocycles. The minimum atomic E-state index is 0.533. The van der Waals surface area contributed by atoms with Crippen LogP contribution in [-0.2, 0) is 7.05 Å². The van der Waals surface area contributed by atoms with Crippen molar-refractivity contribution < 1.29 is 0 Å². The molecule has 1 atom stereocenters. The summed E-state index contributed by atoms with van der Waals surface area (Å²) in [6, 6.07) is 0.533. The van der Waals surface area contributed by atoms with Gasteiger partial charge in [-0.2, -0.15) is 16.9 Å². The van der Waals surface area contributed by atoms with Crippen molar-refractivity contribution in [2.45, 2.75) is 13.0 Å². The van der Waals surface area contributed by atoms with Crippen molar-refractivity contribution in [3.8, 4) is 0 Å². The van der Waals surface area contributed by atoms with E-state index in [0.717, 1.165) is 23.8 Å². The molecule has 0 aliphatic carbocycles. The van der Waals surface area contributed by atoms with E-state index in [4.69, 9.17) is 5.73 Å². The Balaban J connectivity index is 2.24. The fourth-order valence-corrected chi connectivity index (χ4v) is 2.77. The molecule has 4 nitrogen and oxygen atoms in total. The smallest absolute Gasteiger partial charge is 0.174 e. The van der Waals surface area contributed by atoms with Crippen LogP contribution in [0.15, 0.2) is 6.20 Å². The summed E-state index contributed by atoms with van der Waals surface area (Å²) >= 11 is 2.00. The fraction of sp³-hybridized carbons (Fsp3) is 0.667. The molecule has 5 heteroatoms. The number of aryl methyl sites for hydroxylation is 1. The zero-order valence-electron chi connectivity index (χ0n) is 8.60. The highest BCUT2D eigenvalue weighted by molar-refractivity contribution is 7.99. The third kappa shape index (κ3) is 1.68. The second-order valence-corrected chi connectivity index (χ2v) is 4.85. The molecule has 0 radical (unpaired) electrons. The summed E-state index contributed by atoms with van der Waals surface area (Å²) in [4.78, 5) is 2.30. The molecule has 1 aromatic rings. The van der Waals surface area contributed by atoms with Crippen molar-refractivity contribution in [3.63, 3.8) is 0 Å². The van der Waals surface area contributed by atoms with Gasteiger partial charge < -0.3 is 10.6 Å². The quantitative estimate of drug-likeness (QED) is 0.752. The Morgan fingerprint density at radius 2 is 2.43 bits per heavy atom. The summed E-state index contributed by atoms with van der Waals surface area (Å²) in [6.07, 6.45) is 1.86. The van der Waals surface area contributed by atoms with E-state index in [1.54, 1.807) is 4.68 Å². The van der Waals surface area contributed by atoms with Gasteiger partial charge in [0.05, 0.1) is 5.69 Å². The van der Waals surface area contributed by atoms with E-state index >= 15 is 0 Å². The first-order chi connectivity index (χ1) is 6.68. The van der Waals surface area contributed by atoms with Gasteiger partial charge in [-0.3, -0.25) is 4.68 Å². The van der Waals surface area contributed by atoms with Crippen molar-refractivity contribution in [1.82, 2.24) is 9.78 Å². The normalized spacial score (nSPS) is 22.7. The molecule has 2 N–H and O–H groups in total. The Kier molecular flexibility index (Phi) is 2.58. The summed E-state index contributed by atoms with van der Waals surface area (Å²) < 4.78 is 1.78. The van der Waals surface area contributed by atoms with E-state index in [2.05, 4.69) is 16.9 Å². The number of nitrogens with zero attached hydrogens (tertiary/aromatic N) is 3. The van der Waals surface area contributed by atoms with Gasteiger partial charge in [0.25, 0.3) is 0 Å². The Hall–Kier alpha value is -0.840. The maximum Gasteiger partial charge on any atom is 0.174 e. The molecule has 1 aliphatic rings. The van der Waals surface area contributed by atoms with Crippen molar-refractivity contribution in [3.05, 3.63) is 6.20 Å². The zero-order valence-corrected chi connectivity index (χ0v) is 9.42. The minimum Gasteiger partial charge on any atom is -0.394 e. The van der Waals surface area contributed by atoms with Crippen LogP contribution in [-0.4, -0.2) is 33.9 Å². The average molecular weight is 212 g/mol. The number of aromatic nitrogens is 2. The summed E-state index contributed by atoms with van der Waals surface area (Å²) in [5.41, 5.74) is 6.69. The molecule has 2 rings (SSSR count). The average Bonchev–Trinajstić information content (AvgIpc) is 2.46. The van der Waals surface area contributed by atoms with Gasteiger partial charge in [-0.1, -0.05) is 0 Å². The predicted molar refractivity (Wildman–Crippen MR) is 61.8 cm³/mol. The topological polar surface area (TPSA) is 47.1 Å². The van der Waals surface area contributed by atoms with Gasteiger partial charge >= 0.3 is 0 Å². The van der Waals surface area contributed by atoms with Crippen LogP contribution in [0.1, 0.15) is 6.92 Å². The summed E-state index contributed by atoms with van der Waals surface area (Å²) in [6.45, 7) is 3.27. The Bertz CT molecular complexity index is 323. The van der Waals surface area contributed by atoms with E-state index in [0.29, 0.717) is 6.04 Å². The third-order valence-electron chi connectivity index (χ3n) is 2.48. The van der Waals surface area contributed by atoms with Crippen molar-refractivity contribution in [1.29, 1.82) is 0 Å². The maximum absolute atomic E-state index is 5.90. The van der Waals surface area contributed by atoms with Gasteiger partial charge in [-0.15, -0.1) is 0 Å². The fourth-order valence-electron chi connectivity index (χ4n) is 1.76. The number of nitrogen functional groups attached to an aromatic ring is 1. The molecule has 1 saturated heterocycles. The highest BCUT2D eigenvalue weighted by Gasteiger charge is 2.22. The summed E-state index contributed by atoms with van der Waals surface area (Å²) in [5.74, 6) is 3.27. The number of hydrogen-bond acceptors (Lipinski definition) is 4. The molecule has 1 unspecified atom stereocenters. The largest absolute Gasteiger partial charge is 0.394 e. The Labute approximate surface area is 88.4 Å². The van der Waals surface area contributed by atoms with Crippen LogP contribution in [0.5, 0.6) is 0 Å². The number of rotatable bonds is 1. The maximum atomic E-state index is 5.90. The molecule has 0 amide bonds. The van der Waals surface area contributed by atoms with Crippen molar-refractivity contribution in [2.24, 2.45) is 7.05 Å². The van der Waals surface area contributed by atoms with Crippen LogP contribution in [0, 0.1) is 0 Å². The van der Waals surface area contributed by atoms with E-state index in [-0.39, 0.29) is 0 Å². The molecular weight excluding hydrogens is 196 g/mol. The van der Waals surface area contributed by atoms with Gasteiger partial charge in [0.2, 0.25) is 0 Å². The molecule has 78 valence electrons. The summed E-state index contributed by atoms with van der Waals surface area (Å²) in [5, 5.41) is 4.39. The lowest BCUT2D eigenvalue weighted by Crippen LogP contribution is -2.41. The Morgan fingerprint density at radius 1 is 1.64 bits per heavy atom. The second-order valence-electron chi connectivity index (χ2n) is 3.70. The number of anilines is 2. The lowest BCUT2D eigenvalue weighted by atomic mass is 10.3. The molecule has 0 saturated carbocycles. The first kappa shape index (κ1) is 9.71. The number of nitrogens with two attached hydrogens (primary N) is 1. The highest BCUT2D eigenvalue weighted by atomic mass is 32.2. The van der Waals surface area contributed by atoms with Crippen molar-refractivity contribution >= 4 is 23.3 Å². The van der Waals surface area contributed by atoms with Crippen molar-refractivity contribution in [2.75, 3.05) is 28.7 Å². The highest BCUT2D eigenvalue weighted by Crippen LogP contribution is 2.26. The molecule has 1 fully saturated rings. The monoisotopic (exact) mass is 212 g/mol. The molecule has 0 bridgehead atoms. The first-order valence-electron chi connectivity index (χ1n) is 4.82. The van der Waals surface area contributed by atoms with E-state index in [1.807, 2.05) is 25.0 Å². The number of hydrogen-bond donors (Lipinski definition) is 1. The van der Waals surface area contributed by atoms with Crippen LogP contribution < -0.4 is 10.6 Å². The van der Waals surface area contributed by atoms with Crippen LogP contribution in [0.3, 0.4) is 0 Å². The zero-order chi connectivity index (χ0) is 10.1. The molecule has 1 aliphatic heterocycles. The minimum absolute atomic E-state index is 0.533. The number of thioether (sulfide) groups is 1. The first-order valence-corrected chi connectivity index (χ1v) is 5.97. The van der Waals surface area contributed by atoms with Gasteiger partial charge in [0.1, 0.15) is 0 Å². The van der Waals surface area contributed by atoms with E-state index < -0.39 is 0 Å². The van der Waals surface area contributed by atoms with Gasteiger partial charge in [0, 0.05) is 37.3 Å². The SMILES string of the molecule is CC1CSCCN1c1nn(C)cc1N. The third-order valence-corrected chi connectivity index (χ3v) is 3.67. The lowest BCUT2D eigenvalue weighted by molar-refractivity contribution is 0.671. The molecule has 14 heavy (non-hydrogen) atoms. The standard InChI is InChI=1S/C9H16N4S/c1-7-6-14-4-3-13(7)9-8(10)5-12(2)11-9/h5,7H,3-4,6,10H2,1-2H3. The lowest BCUT2D eigenvalue weighted by Gasteiger charge is -2.33. The molecule has 0 spiro atoms. The van der Waals surface area contributed by atoms with Crippen LogP contribution >= 0.6 is 11.8 Å². The van der Waals surface area contributed by atoms with Gasteiger partial charge in [0.15, 0.2) is 5.82 Å². The van der Waals surface area contributed by atoms with E-state index in [9.17, 15) is 0 Å². The van der Waals surface area contributed by atoms with Gasteiger partial charge in [-0.25, -0.2) is 0 Å². The molecule has 1 aromatic heterocycles. The van der Waals surface area contributed by atoms with E-state index in [1.165, 1.54) is 5.75 Å². The van der Waals surface area contributed by atoms with Crippen LogP contribution in [0.4, 0.5) is 11.5 Å². The van der Waals surface area contributed by atoms with Crippen LogP contribution in [0.25, 0.3) is 0 Å². The predicted octanol–water partition coefficient (Wildman–Crippen LogP) is 0.944. The van der Waals surface area contributed by atoms with Crippen LogP contribution in [0.2, 0.25) is 0 Å². The molecular formula is C9H16N4S. The van der Waals surface area contributed by atoms with Gasteiger partial charge in [-0.05, 0) is 6.92 Å². The second kappa shape index (κ2) is 3.73. The Morgan fingerprint density at radius 3 is 3.00 bits per heavy atom. The summed E-state index contributed by atoms with van der Waals surface area (Å²) in [7, 11) is 1.91. The molecule has 2 heterocycles.